The number of rotatable bonds is 1. The number of nitrogens with zero attached hydrogens (tertiary/aromatic N) is 1. The minimum absolute atomic E-state index is 0.0870. The van der Waals surface area contributed by atoms with Crippen molar-refractivity contribution in [3.63, 3.8) is 0 Å². The molecule has 1 N–H and O–H groups in total. The van der Waals surface area contributed by atoms with Crippen LogP contribution in [-0.4, -0.2) is 22.8 Å². The van der Waals surface area contributed by atoms with Crippen molar-refractivity contribution in [3.05, 3.63) is 29.0 Å². The predicted molar refractivity (Wildman–Crippen MR) is 53.2 cm³/mol. The number of aromatic nitrogens is 1. The lowest BCUT2D eigenvalue weighted by molar-refractivity contribution is -0.0466. The van der Waals surface area contributed by atoms with Crippen molar-refractivity contribution in [1.29, 1.82) is 0 Å². The minimum Gasteiger partial charge on any atom is -0.393 e. The molecule has 2 heterocycles. The molecule has 2 unspecified atom stereocenters. The number of ether oxygens (including phenoxy) is 1. The van der Waals surface area contributed by atoms with Gasteiger partial charge in [0.25, 0.3) is 0 Å². The van der Waals surface area contributed by atoms with Crippen molar-refractivity contribution in [2.24, 2.45) is 0 Å². The summed E-state index contributed by atoms with van der Waals surface area (Å²) in [6.45, 7) is 0.593. The summed E-state index contributed by atoms with van der Waals surface area (Å²) in [6, 6.07) is 3.62. The first-order valence-electron chi connectivity index (χ1n) is 4.67. The van der Waals surface area contributed by atoms with Gasteiger partial charge in [-0.1, -0.05) is 11.6 Å². The van der Waals surface area contributed by atoms with E-state index in [0.29, 0.717) is 24.5 Å². The summed E-state index contributed by atoms with van der Waals surface area (Å²) in [5, 5.41) is 10.1. The molecule has 14 heavy (non-hydrogen) atoms. The fourth-order valence-corrected chi connectivity index (χ4v) is 1.67. The molecule has 3 nitrogen and oxygen atoms in total. The maximum Gasteiger partial charge on any atom is 0.102 e. The highest BCUT2D eigenvalue weighted by Gasteiger charge is 2.22. The van der Waals surface area contributed by atoms with Crippen molar-refractivity contribution in [3.8, 4) is 0 Å². The molecule has 2 rings (SSSR count). The molecule has 0 saturated carbocycles. The molecule has 2 atom stereocenters. The average molecular weight is 214 g/mol. The van der Waals surface area contributed by atoms with Crippen LogP contribution in [0.2, 0.25) is 5.02 Å². The SMILES string of the molecule is OC1CCOC(c2ccc(Cl)cn2)C1. The van der Waals surface area contributed by atoms with Crippen molar-refractivity contribution < 1.29 is 9.84 Å². The van der Waals surface area contributed by atoms with Gasteiger partial charge in [-0.15, -0.1) is 0 Å². The van der Waals surface area contributed by atoms with Crippen LogP contribution in [0.3, 0.4) is 0 Å². The summed E-state index contributed by atoms with van der Waals surface area (Å²) in [6.07, 6.45) is 2.57. The van der Waals surface area contributed by atoms with Crippen molar-refractivity contribution in [1.82, 2.24) is 4.98 Å². The summed E-state index contributed by atoms with van der Waals surface area (Å²) >= 11 is 5.73. The van der Waals surface area contributed by atoms with E-state index in [0.717, 1.165) is 5.69 Å². The molecule has 0 amide bonds. The number of pyridine rings is 1. The number of halogens is 1. The molecule has 4 heteroatoms. The second-order valence-electron chi connectivity index (χ2n) is 3.44. The number of aliphatic hydroxyl groups is 1. The van der Waals surface area contributed by atoms with E-state index in [1.807, 2.05) is 6.07 Å². The van der Waals surface area contributed by atoms with E-state index in [2.05, 4.69) is 4.98 Å². The van der Waals surface area contributed by atoms with Gasteiger partial charge in [-0.3, -0.25) is 4.98 Å². The van der Waals surface area contributed by atoms with Crippen molar-refractivity contribution in [2.45, 2.75) is 25.0 Å². The molecule has 1 aliphatic heterocycles. The van der Waals surface area contributed by atoms with Gasteiger partial charge < -0.3 is 9.84 Å². The highest BCUT2D eigenvalue weighted by molar-refractivity contribution is 6.30. The van der Waals surface area contributed by atoms with Crippen LogP contribution in [0.25, 0.3) is 0 Å². The number of hydrogen-bond donors (Lipinski definition) is 1. The van der Waals surface area contributed by atoms with Gasteiger partial charge in [-0.2, -0.15) is 0 Å². The minimum atomic E-state index is -0.272. The molecular weight excluding hydrogens is 202 g/mol. The first-order chi connectivity index (χ1) is 6.75. The average Bonchev–Trinajstić information content (AvgIpc) is 2.19. The second kappa shape index (κ2) is 4.26. The predicted octanol–water partition coefficient (Wildman–Crippen LogP) is 1.95. The molecule has 76 valence electrons. The van der Waals surface area contributed by atoms with E-state index in [1.54, 1.807) is 12.3 Å². The zero-order valence-corrected chi connectivity index (χ0v) is 8.44. The van der Waals surface area contributed by atoms with Crippen molar-refractivity contribution in [2.75, 3.05) is 6.61 Å². The van der Waals surface area contributed by atoms with E-state index in [1.165, 1.54) is 0 Å². The van der Waals surface area contributed by atoms with Crippen LogP contribution in [0.4, 0.5) is 0 Å². The van der Waals surface area contributed by atoms with Crippen LogP contribution in [0.15, 0.2) is 18.3 Å². The van der Waals surface area contributed by atoms with Crippen molar-refractivity contribution >= 4 is 11.6 Å². The monoisotopic (exact) mass is 213 g/mol. The quantitative estimate of drug-likeness (QED) is 0.776. The second-order valence-corrected chi connectivity index (χ2v) is 3.88. The topological polar surface area (TPSA) is 42.4 Å². The van der Waals surface area contributed by atoms with E-state index >= 15 is 0 Å². The lowest BCUT2D eigenvalue weighted by Crippen LogP contribution is -2.23. The van der Waals surface area contributed by atoms with Gasteiger partial charge in [0.2, 0.25) is 0 Å². The third-order valence-corrected chi connectivity index (χ3v) is 2.56. The highest BCUT2D eigenvalue weighted by atomic mass is 35.5. The highest BCUT2D eigenvalue weighted by Crippen LogP contribution is 2.27. The van der Waals surface area contributed by atoms with Crippen LogP contribution in [0.5, 0.6) is 0 Å². The molecule has 0 aromatic carbocycles. The summed E-state index contributed by atoms with van der Waals surface area (Å²) in [5.41, 5.74) is 0.841. The molecule has 1 aromatic heterocycles. The first-order valence-corrected chi connectivity index (χ1v) is 5.04. The van der Waals surface area contributed by atoms with Gasteiger partial charge in [0.1, 0.15) is 6.10 Å². The molecule has 0 bridgehead atoms. The number of hydrogen-bond acceptors (Lipinski definition) is 3. The van der Waals surface area contributed by atoms with E-state index in [9.17, 15) is 5.11 Å². The zero-order chi connectivity index (χ0) is 9.97. The lowest BCUT2D eigenvalue weighted by Gasteiger charge is -2.25. The fourth-order valence-electron chi connectivity index (χ4n) is 1.56. The molecule has 0 radical (unpaired) electrons. The summed E-state index contributed by atoms with van der Waals surface area (Å²) in [4.78, 5) is 4.17. The Labute approximate surface area is 87.7 Å². The van der Waals surface area contributed by atoms with Crippen LogP contribution in [0, 0.1) is 0 Å². The summed E-state index contributed by atoms with van der Waals surface area (Å²) in [7, 11) is 0. The lowest BCUT2D eigenvalue weighted by atomic mass is 10.0. The Morgan fingerprint density at radius 3 is 3.00 bits per heavy atom. The molecule has 1 aromatic rings. The Morgan fingerprint density at radius 2 is 2.36 bits per heavy atom. The Morgan fingerprint density at radius 1 is 1.50 bits per heavy atom. The first kappa shape index (κ1) is 9.90. The standard InChI is InChI=1S/C10H12ClNO2/c11-7-1-2-9(12-6-7)10-5-8(13)3-4-14-10/h1-2,6,8,10,13H,3-5H2. The Bertz CT molecular complexity index is 301. The van der Waals surface area contributed by atoms with Gasteiger partial charge in [-0.05, 0) is 18.6 Å². The van der Waals surface area contributed by atoms with E-state index in [-0.39, 0.29) is 12.2 Å². The Hall–Kier alpha value is -0.640. The van der Waals surface area contributed by atoms with Gasteiger partial charge >= 0.3 is 0 Å². The normalized spacial score (nSPS) is 27.6. The third kappa shape index (κ3) is 2.23. The molecule has 1 aliphatic rings. The molecule has 1 fully saturated rings. The fraction of sp³-hybridized carbons (Fsp3) is 0.500. The zero-order valence-electron chi connectivity index (χ0n) is 7.69. The molecular formula is C10H12ClNO2. The smallest absolute Gasteiger partial charge is 0.102 e. The van der Waals surface area contributed by atoms with E-state index in [4.69, 9.17) is 16.3 Å². The van der Waals surface area contributed by atoms with Gasteiger partial charge in [0.05, 0.1) is 16.8 Å². The largest absolute Gasteiger partial charge is 0.393 e. The van der Waals surface area contributed by atoms with Crippen LogP contribution >= 0.6 is 11.6 Å². The molecule has 0 spiro atoms. The Balaban J connectivity index is 2.10. The van der Waals surface area contributed by atoms with Gasteiger partial charge in [0.15, 0.2) is 0 Å². The van der Waals surface area contributed by atoms with Gasteiger partial charge in [-0.25, -0.2) is 0 Å². The summed E-state index contributed by atoms with van der Waals surface area (Å²) in [5.74, 6) is 0. The molecule has 0 aliphatic carbocycles. The molecule has 1 saturated heterocycles. The van der Waals surface area contributed by atoms with Gasteiger partial charge in [0, 0.05) is 19.2 Å². The summed E-state index contributed by atoms with van der Waals surface area (Å²) < 4.78 is 5.51. The van der Waals surface area contributed by atoms with E-state index < -0.39 is 0 Å². The maximum atomic E-state index is 9.46. The van der Waals surface area contributed by atoms with Crippen LogP contribution in [0.1, 0.15) is 24.6 Å². The third-order valence-electron chi connectivity index (χ3n) is 2.34. The number of aliphatic hydroxyl groups excluding tert-OH is 1. The Kier molecular flexibility index (Phi) is 3.01. The maximum absolute atomic E-state index is 9.46. The van der Waals surface area contributed by atoms with Crippen LogP contribution < -0.4 is 0 Å². The van der Waals surface area contributed by atoms with Crippen LogP contribution in [-0.2, 0) is 4.74 Å².